The molecule has 0 heterocycles. The third-order valence-corrected chi connectivity index (χ3v) is 1.42. The van der Waals surface area contributed by atoms with Crippen LogP contribution in [0.15, 0.2) is 24.3 Å². The van der Waals surface area contributed by atoms with Gasteiger partial charge in [-0.2, -0.15) is 0 Å². The summed E-state index contributed by atoms with van der Waals surface area (Å²) < 4.78 is 5.27. The van der Waals surface area contributed by atoms with Crippen LogP contribution in [0.3, 0.4) is 0 Å². The van der Waals surface area contributed by atoms with Gasteiger partial charge in [0.25, 0.3) is 0 Å². The lowest BCUT2D eigenvalue weighted by molar-refractivity contribution is -0.103. The number of hydrogen-bond acceptors (Lipinski definition) is 2. The van der Waals surface area contributed by atoms with Gasteiger partial charge in [0.05, 0.1) is 6.61 Å². The molecule has 0 amide bonds. The number of ether oxygens (including phenoxy) is 1. The molecule has 0 saturated heterocycles. The summed E-state index contributed by atoms with van der Waals surface area (Å²) in [4.78, 5) is 9.98. The van der Waals surface area contributed by atoms with Crippen LogP contribution >= 0.6 is 0 Å². The van der Waals surface area contributed by atoms with Gasteiger partial charge in [-0.1, -0.05) is 12.0 Å². The maximum absolute atomic E-state index is 9.98. The smallest absolute Gasteiger partial charge is 0.193 e. The minimum atomic E-state index is 0.577. The summed E-state index contributed by atoms with van der Waals surface area (Å²) in [5.74, 6) is 5.82. The molecule has 0 N–H and O–H groups in total. The Balaban J connectivity index is 2.84. The molecule has 0 bridgehead atoms. The van der Waals surface area contributed by atoms with E-state index in [1.807, 2.05) is 25.1 Å². The zero-order valence-corrected chi connectivity index (χ0v) is 7.41. The Labute approximate surface area is 77.5 Å². The summed E-state index contributed by atoms with van der Waals surface area (Å²) in [5, 5.41) is 0. The van der Waals surface area contributed by atoms with Gasteiger partial charge in [-0.3, -0.25) is 4.79 Å². The van der Waals surface area contributed by atoms with Crippen LogP contribution in [-0.2, 0) is 4.79 Å². The Morgan fingerprint density at radius 2 is 2.38 bits per heavy atom. The molecule has 0 fully saturated rings. The predicted molar refractivity (Wildman–Crippen MR) is 50.6 cm³/mol. The zero-order valence-electron chi connectivity index (χ0n) is 7.41. The number of carbonyl (C=O) groups is 1. The first-order chi connectivity index (χ1) is 6.36. The quantitative estimate of drug-likeness (QED) is 0.503. The van der Waals surface area contributed by atoms with Crippen molar-refractivity contribution in [3.63, 3.8) is 0 Å². The predicted octanol–water partition coefficient (Wildman–Crippen LogP) is 1.64. The summed E-state index contributed by atoms with van der Waals surface area (Å²) in [6.07, 6.45) is 0.577. The number of hydrogen-bond donors (Lipinski definition) is 0. The highest BCUT2D eigenvalue weighted by atomic mass is 16.5. The second-order valence-electron chi connectivity index (χ2n) is 2.35. The molecule has 1 aromatic carbocycles. The lowest BCUT2D eigenvalue weighted by atomic mass is 10.2. The highest BCUT2D eigenvalue weighted by Crippen LogP contribution is 2.11. The second kappa shape index (κ2) is 5.00. The average Bonchev–Trinajstić information content (AvgIpc) is 2.16. The number of carbonyl (C=O) groups excluding carboxylic acids is 1. The SMILES string of the molecule is CCOc1cccc(C#CC=O)c1. The number of aldehydes is 1. The van der Waals surface area contributed by atoms with Crippen molar-refractivity contribution in [3.05, 3.63) is 29.8 Å². The molecule has 1 aromatic rings. The second-order valence-corrected chi connectivity index (χ2v) is 2.35. The number of rotatable bonds is 2. The fourth-order valence-electron chi connectivity index (χ4n) is 0.943. The lowest BCUT2D eigenvalue weighted by Crippen LogP contribution is -1.91. The zero-order chi connectivity index (χ0) is 9.52. The molecular weight excluding hydrogens is 164 g/mol. The molecule has 0 aliphatic heterocycles. The first-order valence-corrected chi connectivity index (χ1v) is 4.05. The van der Waals surface area contributed by atoms with E-state index in [1.54, 1.807) is 6.07 Å². The summed E-state index contributed by atoms with van der Waals surface area (Å²) in [6, 6.07) is 7.34. The Kier molecular flexibility index (Phi) is 3.59. The van der Waals surface area contributed by atoms with E-state index >= 15 is 0 Å². The van der Waals surface area contributed by atoms with Gasteiger partial charge < -0.3 is 4.74 Å². The fourth-order valence-corrected chi connectivity index (χ4v) is 0.943. The van der Waals surface area contributed by atoms with Crippen LogP contribution < -0.4 is 4.74 Å². The van der Waals surface area contributed by atoms with E-state index in [0.29, 0.717) is 12.9 Å². The third kappa shape index (κ3) is 3.00. The normalized spacial score (nSPS) is 8.38. The fraction of sp³-hybridized carbons (Fsp3) is 0.182. The van der Waals surface area contributed by atoms with Crippen molar-refractivity contribution < 1.29 is 9.53 Å². The van der Waals surface area contributed by atoms with E-state index in [4.69, 9.17) is 4.74 Å². The van der Waals surface area contributed by atoms with Crippen LogP contribution in [0, 0.1) is 11.8 Å². The van der Waals surface area contributed by atoms with Gasteiger partial charge in [-0.15, -0.1) is 0 Å². The van der Waals surface area contributed by atoms with Crippen LogP contribution in [0.2, 0.25) is 0 Å². The van der Waals surface area contributed by atoms with Crippen LogP contribution in [-0.4, -0.2) is 12.9 Å². The van der Waals surface area contributed by atoms with Crippen molar-refractivity contribution in [2.75, 3.05) is 6.61 Å². The van der Waals surface area contributed by atoms with E-state index < -0.39 is 0 Å². The van der Waals surface area contributed by atoms with Crippen LogP contribution in [0.4, 0.5) is 0 Å². The van der Waals surface area contributed by atoms with E-state index in [9.17, 15) is 4.79 Å². The summed E-state index contributed by atoms with van der Waals surface area (Å²) in [5.41, 5.74) is 0.790. The number of benzene rings is 1. The standard InChI is InChI=1S/C11H10O2/c1-2-13-11-7-3-5-10(9-11)6-4-8-12/h3,5,7-9H,2H2,1H3. The molecule has 66 valence electrons. The van der Waals surface area contributed by atoms with Crippen molar-refractivity contribution in [1.82, 2.24) is 0 Å². The maximum atomic E-state index is 9.98. The van der Waals surface area contributed by atoms with Gasteiger partial charge in [0.15, 0.2) is 6.29 Å². The molecule has 1 rings (SSSR count). The molecule has 2 nitrogen and oxygen atoms in total. The summed E-state index contributed by atoms with van der Waals surface area (Å²) >= 11 is 0. The van der Waals surface area contributed by atoms with Gasteiger partial charge >= 0.3 is 0 Å². The van der Waals surface area contributed by atoms with Crippen molar-refractivity contribution in [2.24, 2.45) is 0 Å². The van der Waals surface area contributed by atoms with Crippen molar-refractivity contribution in [1.29, 1.82) is 0 Å². The Morgan fingerprint density at radius 3 is 3.08 bits per heavy atom. The van der Waals surface area contributed by atoms with Crippen LogP contribution in [0.25, 0.3) is 0 Å². The van der Waals surface area contributed by atoms with Crippen molar-refractivity contribution >= 4 is 6.29 Å². The molecule has 0 radical (unpaired) electrons. The lowest BCUT2D eigenvalue weighted by Gasteiger charge is -2.01. The minimum Gasteiger partial charge on any atom is -0.494 e. The molecular formula is C11H10O2. The molecule has 0 atom stereocenters. The van der Waals surface area contributed by atoms with E-state index in [2.05, 4.69) is 11.8 Å². The van der Waals surface area contributed by atoms with E-state index in [1.165, 1.54) is 0 Å². The molecule has 0 aliphatic carbocycles. The van der Waals surface area contributed by atoms with Crippen molar-refractivity contribution in [2.45, 2.75) is 6.92 Å². The Hall–Kier alpha value is -1.75. The molecule has 0 unspecified atom stereocenters. The maximum Gasteiger partial charge on any atom is 0.193 e. The third-order valence-electron chi connectivity index (χ3n) is 1.42. The monoisotopic (exact) mass is 174 g/mol. The molecule has 0 aliphatic rings. The minimum absolute atomic E-state index is 0.577. The van der Waals surface area contributed by atoms with Crippen LogP contribution in [0.1, 0.15) is 12.5 Å². The molecule has 2 heteroatoms. The van der Waals surface area contributed by atoms with E-state index in [0.717, 1.165) is 11.3 Å². The first-order valence-electron chi connectivity index (χ1n) is 4.05. The molecule has 0 spiro atoms. The van der Waals surface area contributed by atoms with Gasteiger partial charge in [-0.25, -0.2) is 0 Å². The Morgan fingerprint density at radius 1 is 1.54 bits per heavy atom. The first kappa shape index (κ1) is 9.34. The average molecular weight is 174 g/mol. The van der Waals surface area contributed by atoms with E-state index in [-0.39, 0.29) is 0 Å². The van der Waals surface area contributed by atoms with Gasteiger partial charge in [0.1, 0.15) is 5.75 Å². The summed E-state index contributed by atoms with van der Waals surface area (Å²) in [6.45, 7) is 2.55. The van der Waals surface area contributed by atoms with Gasteiger partial charge in [0, 0.05) is 5.56 Å². The highest BCUT2D eigenvalue weighted by molar-refractivity contribution is 5.74. The molecule has 0 saturated carbocycles. The Bertz CT molecular complexity index is 345. The van der Waals surface area contributed by atoms with Crippen molar-refractivity contribution in [3.8, 4) is 17.6 Å². The highest BCUT2D eigenvalue weighted by Gasteiger charge is 1.91. The largest absolute Gasteiger partial charge is 0.494 e. The topological polar surface area (TPSA) is 26.3 Å². The van der Waals surface area contributed by atoms with Crippen LogP contribution in [0.5, 0.6) is 5.75 Å². The summed E-state index contributed by atoms with van der Waals surface area (Å²) in [7, 11) is 0. The molecule has 0 aromatic heterocycles. The van der Waals surface area contributed by atoms with Gasteiger partial charge in [0.2, 0.25) is 0 Å². The molecule has 13 heavy (non-hydrogen) atoms. The van der Waals surface area contributed by atoms with Gasteiger partial charge in [-0.05, 0) is 31.0 Å².